The van der Waals surface area contributed by atoms with Crippen LogP contribution in [0.4, 0.5) is 5.69 Å². The number of ketones is 1. The van der Waals surface area contributed by atoms with E-state index in [2.05, 4.69) is 16.9 Å². The molecule has 0 unspecified atom stereocenters. The molecule has 6 nitrogen and oxygen atoms in total. The second-order valence-corrected chi connectivity index (χ2v) is 8.39. The molecular weight excluding hydrogens is 422 g/mol. The third-order valence-corrected chi connectivity index (χ3v) is 5.73. The molecule has 0 saturated carbocycles. The van der Waals surface area contributed by atoms with Crippen molar-refractivity contribution in [2.75, 3.05) is 5.32 Å². The van der Waals surface area contributed by atoms with Crippen molar-refractivity contribution in [2.45, 2.75) is 30.8 Å². The average molecular weight is 442 g/mol. The minimum absolute atomic E-state index is 0.0422. The number of nitrogens with one attached hydrogen (secondary N) is 1. The van der Waals surface area contributed by atoms with Crippen LogP contribution in [0.2, 0.25) is 5.02 Å². The Labute approximate surface area is 183 Å². The molecule has 0 saturated heterocycles. The number of thioether (sulfide) groups is 1. The van der Waals surface area contributed by atoms with E-state index in [0.29, 0.717) is 32.3 Å². The second kappa shape index (κ2) is 9.28. The predicted molar refractivity (Wildman–Crippen MR) is 122 cm³/mol. The zero-order chi connectivity index (χ0) is 21.8. The molecule has 1 atom stereocenters. The minimum Gasteiger partial charge on any atom is -0.325 e. The molecule has 30 heavy (non-hydrogen) atoms. The van der Waals surface area contributed by atoms with Crippen molar-refractivity contribution in [3.63, 3.8) is 0 Å². The summed E-state index contributed by atoms with van der Waals surface area (Å²) in [6.07, 6.45) is 1.61. The zero-order valence-corrected chi connectivity index (χ0v) is 18.1. The highest BCUT2D eigenvalue weighted by atomic mass is 35.5. The van der Waals surface area contributed by atoms with Crippen LogP contribution < -0.4 is 10.9 Å². The number of aromatic nitrogens is 2. The van der Waals surface area contributed by atoms with Crippen molar-refractivity contribution in [3.8, 4) is 0 Å². The van der Waals surface area contributed by atoms with Gasteiger partial charge in [-0.2, -0.15) is 0 Å². The standard InChI is InChI=1S/C22H20ClN3O3S/c1-4-11-26-21(29)18-10-7-16(23)12-19(18)25-22(26)30-14(3)20(28)24-17-8-5-15(6-9-17)13(2)27/h4-10,12,14H,1,11H2,2-3H3,(H,24,28)/t14-/m0/s1. The topological polar surface area (TPSA) is 81.1 Å². The van der Waals surface area contributed by atoms with Crippen LogP contribution in [0.25, 0.3) is 10.9 Å². The number of hydrogen-bond donors (Lipinski definition) is 1. The number of benzene rings is 2. The molecule has 1 amide bonds. The van der Waals surface area contributed by atoms with E-state index in [-0.39, 0.29) is 23.8 Å². The monoisotopic (exact) mass is 441 g/mol. The third-order valence-electron chi connectivity index (χ3n) is 4.40. The first-order valence-electron chi connectivity index (χ1n) is 9.19. The number of carbonyl (C=O) groups is 2. The number of Topliss-reactive ketones (excluding diaryl/α,β-unsaturated/α-hetero) is 1. The SMILES string of the molecule is C=CCn1c(S[C@@H](C)C(=O)Nc2ccc(C(C)=O)cc2)nc2cc(Cl)ccc2c1=O. The largest absolute Gasteiger partial charge is 0.325 e. The van der Waals surface area contributed by atoms with E-state index in [1.54, 1.807) is 55.5 Å². The number of hydrogen-bond acceptors (Lipinski definition) is 5. The van der Waals surface area contributed by atoms with E-state index in [1.165, 1.54) is 23.3 Å². The second-order valence-electron chi connectivity index (χ2n) is 6.64. The normalized spacial score (nSPS) is 11.8. The van der Waals surface area contributed by atoms with Crippen LogP contribution in [-0.4, -0.2) is 26.5 Å². The summed E-state index contributed by atoms with van der Waals surface area (Å²) in [6, 6.07) is 11.6. The summed E-state index contributed by atoms with van der Waals surface area (Å²) in [5, 5.41) is 3.62. The Hall–Kier alpha value is -2.90. The van der Waals surface area contributed by atoms with Crippen LogP contribution in [0.5, 0.6) is 0 Å². The Morgan fingerprint density at radius 1 is 1.27 bits per heavy atom. The van der Waals surface area contributed by atoms with Crippen molar-refractivity contribution in [3.05, 3.63) is 76.1 Å². The molecule has 0 bridgehead atoms. The lowest BCUT2D eigenvalue weighted by molar-refractivity contribution is -0.115. The van der Waals surface area contributed by atoms with Crippen molar-refractivity contribution in [1.82, 2.24) is 9.55 Å². The summed E-state index contributed by atoms with van der Waals surface area (Å²) < 4.78 is 1.49. The maximum absolute atomic E-state index is 12.9. The van der Waals surface area contributed by atoms with Crippen molar-refractivity contribution in [2.24, 2.45) is 0 Å². The van der Waals surface area contributed by atoms with E-state index in [9.17, 15) is 14.4 Å². The highest BCUT2D eigenvalue weighted by Crippen LogP contribution is 2.25. The lowest BCUT2D eigenvalue weighted by atomic mass is 10.1. The molecule has 0 fully saturated rings. The number of allylic oxidation sites excluding steroid dienone is 1. The zero-order valence-electron chi connectivity index (χ0n) is 16.5. The van der Waals surface area contributed by atoms with Gasteiger partial charge in [0.25, 0.3) is 5.56 Å². The molecule has 154 valence electrons. The van der Waals surface area contributed by atoms with Crippen molar-refractivity contribution >= 4 is 51.6 Å². The van der Waals surface area contributed by atoms with Gasteiger partial charge in [0.1, 0.15) is 0 Å². The summed E-state index contributed by atoms with van der Waals surface area (Å²) in [7, 11) is 0. The lowest BCUT2D eigenvalue weighted by Crippen LogP contribution is -2.26. The molecule has 1 N–H and O–H groups in total. The van der Waals surface area contributed by atoms with Gasteiger partial charge < -0.3 is 5.32 Å². The fraction of sp³-hybridized carbons (Fsp3) is 0.182. The summed E-state index contributed by atoms with van der Waals surface area (Å²) in [6.45, 7) is 7.19. The van der Waals surface area contributed by atoms with Gasteiger partial charge in [-0.15, -0.1) is 6.58 Å². The molecule has 0 aliphatic heterocycles. The first-order valence-corrected chi connectivity index (χ1v) is 10.5. The molecule has 0 aliphatic rings. The Morgan fingerprint density at radius 2 is 1.97 bits per heavy atom. The molecule has 3 rings (SSSR count). The Kier molecular flexibility index (Phi) is 6.74. The number of anilines is 1. The molecule has 1 heterocycles. The van der Waals surface area contributed by atoms with Crippen LogP contribution in [0.15, 0.2) is 65.1 Å². The van der Waals surface area contributed by atoms with Gasteiger partial charge in [0.05, 0.1) is 16.2 Å². The van der Waals surface area contributed by atoms with Gasteiger partial charge in [-0.05, 0) is 56.3 Å². The maximum atomic E-state index is 12.9. The molecular formula is C22H20ClN3O3S. The predicted octanol–water partition coefficient (Wildman–Crippen LogP) is 4.56. The fourth-order valence-corrected chi connectivity index (χ4v) is 3.88. The molecule has 8 heteroatoms. The molecule has 0 radical (unpaired) electrons. The van der Waals surface area contributed by atoms with Gasteiger partial charge in [0, 0.05) is 22.8 Å². The smallest absolute Gasteiger partial charge is 0.262 e. The minimum atomic E-state index is -0.530. The van der Waals surface area contributed by atoms with E-state index in [1.807, 2.05) is 0 Å². The van der Waals surface area contributed by atoms with Crippen LogP contribution >= 0.6 is 23.4 Å². The summed E-state index contributed by atoms with van der Waals surface area (Å²) >= 11 is 7.22. The Balaban J connectivity index is 1.85. The van der Waals surface area contributed by atoms with Gasteiger partial charge in [0.15, 0.2) is 10.9 Å². The Morgan fingerprint density at radius 3 is 2.60 bits per heavy atom. The maximum Gasteiger partial charge on any atom is 0.262 e. The van der Waals surface area contributed by atoms with E-state index in [0.717, 1.165) is 0 Å². The van der Waals surface area contributed by atoms with Gasteiger partial charge >= 0.3 is 0 Å². The van der Waals surface area contributed by atoms with Crippen LogP contribution in [-0.2, 0) is 11.3 Å². The summed E-state index contributed by atoms with van der Waals surface area (Å²) in [5.74, 6) is -0.291. The van der Waals surface area contributed by atoms with Crippen molar-refractivity contribution < 1.29 is 9.59 Å². The third kappa shape index (κ3) is 4.80. The van der Waals surface area contributed by atoms with Gasteiger partial charge in [-0.1, -0.05) is 29.4 Å². The molecule has 1 aromatic heterocycles. The summed E-state index contributed by atoms with van der Waals surface area (Å²) in [4.78, 5) is 41.5. The quantitative estimate of drug-likeness (QED) is 0.251. The van der Waals surface area contributed by atoms with Crippen LogP contribution in [0, 0.1) is 0 Å². The van der Waals surface area contributed by atoms with Crippen LogP contribution in [0.1, 0.15) is 24.2 Å². The first-order chi connectivity index (χ1) is 14.3. The summed E-state index contributed by atoms with van der Waals surface area (Å²) in [5.41, 5.74) is 1.41. The number of amides is 1. The van der Waals surface area contributed by atoms with Gasteiger partial charge in [-0.3, -0.25) is 19.0 Å². The van der Waals surface area contributed by atoms with E-state index in [4.69, 9.17) is 11.6 Å². The first kappa shape index (κ1) is 21.8. The van der Waals surface area contributed by atoms with E-state index < -0.39 is 5.25 Å². The molecule has 0 aliphatic carbocycles. The molecule has 3 aromatic rings. The molecule has 2 aromatic carbocycles. The Bertz CT molecular complexity index is 1190. The number of rotatable bonds is 7. The van der Waals surface area contributed by atoms with E-state index >= 15 is 0 Å². The lowest BCUT2D eigenvalue weighted by Gasteiger charge is -2.15. The highest BCUT2D eigenvalue weighted by molar-refractivity contribution is 8.00. The fourth-order valence-electron chi connectivity index (χ4n) is 2.80. The highest BCUT2D eigenvalue weighted by Gasteiger charge is 2.19. The average Bonchev–Trinajstić information content (AvgIpc) is 2.71. The number of nitrogens with zero attached hydrogens (tertiary/aromatic N) is 2. The van der Waals surface area contributed by atoms with Crippen molar-refractivity contribution in [1.29, 1.82) is 0 Å². The van der Waals surface area contributed by atoms with Gasteiger partial charge in [0.2, 0.25) is 5.91 Å². The number of halogens is 1. The van der Waals surface area contributed by atoms with Gasteiger partial charge in [-0.25, -0.2) is 4.98 Å². The van der Waals surface area contributed by atoms with Crippen LogP contribution in [0.3, 0.4) is 0 Å². The number of fused-ring (bicyclic) bond motifs is 1. The molecule has 0 spiro atoms. The number of carbonyl (C=O) groups excluding carboxylic acids is 2.